The molecule has 9 heteroatoms. The molecule has 0 atom stereocenters. The van der Waals surface area contributed by atoms with Crippen LogP contribution < -0.4 is 0 Å². The van der Waals surface area contributed by atoms with Gasteiger partial charge >= 0.3 is 6.18 Å². The summed E-state index contributed by atoms with van der Waals surface area (Å²) < 4.78 is 43.4. The summed E-state index contributed by atoms with van der Waals surface area (Å²) in [5, 5.41) is 3.81. The molecule has 3 aromatic rings. The molecule has 0 saturated carbocycles. The van der Waals surface area contributed by atoms with Crippen LogP contribution in [0.1, 0.15) is 17.0 Å². The van der Waals surface area contributed by atoms with Gasteiger partial charge in [-0.1, -0.05) is 29.4 Å². The van der Waals surface area contributed by atoms with E-state index in [0.717, 1.165) is 12.1 Å². The molecule has 0 fully saturated rings. The predicted molar refractivity (Wildman–Crippen MR) is 89.2 cm³/mol. The zero-order valence-corrected chi connectivity index (χ0v) is 14.3. The monoisotopic (exact) mass is 376 g/mol. The van der Waals surface area contributed by atoms with E-state index in [1.165, 1.54) is 24.1 Å². The second kappa shape index (κ2) is 7.56. The van der Waals surface area contributed by atoms with Crippen LogP contribution in [-0.2, 0) is 23.9 Å². The quantitative estimate of drug-likeness (QED) is 0.683. The molecule has 0 aliphatic heterocycles. The van der Waals surface area contributed by atoms with Gasteiger partial charge in [0, 0.05) is 13.2 Å². The lowest BCUT2D eigenvalue weighted by molar-refractivity contribution is -0.138. The Morgan fingerprint density at radius 2 is 2.00 bits per heavy atom. The summed E-state index contributed by atoms with van der Waals surface area (Å²) in [5.74, 6) is 0.131. The number of aromatic nitrogens is 3. The molecule has 2 heterocycles. The molecule has 0 spiro atoms. The van der Waals surface area contributed by atoms with Gasteiger partial charge in [-0.15, -0.1) is 0 Å². The van der Waals surface area contributed by atoms with Gasteiger partial charge in [-0.25, -0.2) is 0 Å². The summed E-state index contributed by atoms with van der Waals surface area (Å²) in [7, 11) is 1.51. The van der Waals surface area contributed by atoms with Gasteiger partial charge in [-0.05, 0) is 23.8 Å². The van der Waals surface area contributed by atoms with Gasteiger partial charge in [0.1, 0.15) is 5.69 Å². The number of amides is 1. The SMILES string of the molecule is CN(Cc1nc(-c2ccccn2)no1)C(=O)Cc1cccc(C(F)(F)F)c1. The Morgan fingerprint density at radius 1 is 1.19 bits per heavy atom. The summed E-state index contributed by atoms with van der Waals surface area (Å²) >= 11 is 0. The molecule has 1 amide bonds. The van der Waals surface area contributed by atoms with Crippen LogP contribution >= 0.6 is 0 Å². The van der Waals surface area contributed by atoms with Crippen molar-refractivity contribution in [2.75, 3.05) is 7.05 Å². The fraction of sp³-hybridized carbons (Fsp3) is 0.222. The van der Waals surface area contributed by atoms with Crippen molar-refractivity contribution in [1.82, 2.24) is 20.0 Å². The van der Waals surface area contributed by atoms with Gasteiger partial charge in [0.15, 0.2) is 0 Å². The first kappa shape index (κ1) is 18.6. The Hall–Kier alpha value is -3.23. The van der Waals surface area contributed by atoms with Crippen LogP contribution in [0.5, 0.6) is 0 Å². The summed E-state index contributed by atoms with van der Waals surface area (Å²) in [6, 6.07) is 9.95. The second-order valence-electron chi connectivity index (χ2n) is 5.85. The van der Waals surface area contributed by atoms with E-state index >= 15 is 0 Å². The molecule has 3 rings (SSSR count). The van der Waals surface area contributed by atoms with Crippen LogP contribution in [0, 0.1) is 0 Å². The third-order valence-electron chi connectivity index (χ3n) is 3.77. The van der Waals surface area contributed by atoms with E-state index in [2.05, 4.69) is 15.1 Å². The molecule has 140 valence electrons. The maximum atomic E-state index is 12.8. The Labute approximate surface area is 152 Å². The molecule has 0 N–H and O–H groups in total. The van der Waals surface area contributed by atoms with Crippen molar-refractivity contribution in [3.63, 3.8) is 0 Å². The lowest BCUT2D eigenvalue weighted by atomic mass is 10.1. The van der Waals surface area contributed by atoms with E-state index in [4.69, 9.17) is 4.52 Å². The standard InChI is InChI=1S/C18H15F3N4O2/c1-25(11-15-23-17(24-27-15)14-7-2-3-8-22-14)16(26)10-12-5-4-6-13(9-12)18(19,20)21/h2-9H,10-11H2,1H3. The number of hydrogen-bond acceptors (Lipinski definition) is 5. The van der Waals surface area contributed by atoms with Crippen molar-refractivity contribution in [2.45, 2.75) is 19.1 Å². The number of rotatable bonds is 5. The van der Waals surface area contributed by atoms with Gasteiger partial charge in [0.05, 0.1) is 18.5 Å². The maximum Gasteiger partial charge on any atom is 0.416 e. The van der Waals surface area contributed by atoms with Crippen LogP contribution in [0.2, 0.25) is 0 Å². The predicted octanol–water partition coefficient (Wildman–Crippen LogP) is 3.35. The number of carbonyl (C=O) groups is 1. The smallest absolute Gasteiger partial charge is 0.337 e. The van der Waals surface area contributed by atoms with Gasteiger partial charge in [0.25, 0.3) is 0 Å². The fourth-order valence-corrected chi connectivity index (χ4v) is 2.38. The highest BCUT2D eigenvalue weighted by atomic mass is 19.4. The number of alkyl halides is 3. The summed E-state index contributed by atoms with van der Waals surface area (Å²) in [5.41, 5.74) is 0.0270. The number of benzene rings is 1. The highest BCUT2D eigenvalue weighted by molar-refractivity contribution is 5.78. The lowest BCUT2D eigenvalue weighted by Crippen LogP contribution is -2.28. The van der Waals surface area contributed by atoms with E-state index in [1.807, 2.05) is 0 Å². The van der Waals surface area contributed by atoms with Crippen LogP contribution in [0.4, 0.5) is 13.2 Å². The number of pyridine rings is 1. The molecule has 0 radical (unpaired) electrons. The molecule has 27 heavy (non-hydrogen) atoms. The van der Waals surface area contributed by atoms with Crippen molar-refractivity contribution >= 4 is 5.91 Å². The normalized spacial score (nSPS) is 11.4. The Morgan fingerprint density at radius 3 is 2.70 bits per heavy atom. The average Bonchev–Trinajstić information content (AvgIpc) is 3.10. The molecular formula is C18H15F3N4O2. The average molecular weight is 376 g/mol. The molecular weight excluding hydrogens is 361 g/mol. The third kappa shape index (κ3) is 4.69. The van der Waals surface area contributed by atoms with Crippen molar-refractivity contribution < 1.29 is 22.5 Å². The Bertz CT molecular complexity index is 926. The highest BCUT2D eigenvalue weighted by Gasteiger charge is 2.30. The van der Waals surface area contributed by atoms with E-state index in [1.54, 1.807) is 24.4 Å². The number of halogens is 3. The first-order valence-electron chi connectivity index (χ1n) is 7.97. The van der Waals surface area contributed by atoms with Gasteiger partial charge < -0.3 is 9.42 Å². The number of hydrogen-bond donors (Lipinski definition) is 0. The topological polar surface area (TPSA) is 72.1 Å². The van der Waals surface area contributed by atoms with Crippen LogP contribution in [0.25, 0.3) is 11.5 Å². The van der Waals surface area contributed by atoms with Crippen LogP contribution in [0.3, 0.4) is 0 Å². The molecule has 6 nitrogen and oxygen atoms in total. The second-order valence-corrected chi connectivity index (χ2v) is 5.85. The van der Waals surface area contributed by atoms with Crippen molar-refractivity contribution in [3.8, 4) is 11.5 Å². The lowest BCUT2D eigenvalue weighted by Gasteiger charge is -2.15. The first-order valence-corrected chi connectivity index (χ1v) is 7.97. The maximum absolute atomic E-state index is 12.8. The first-order chi connectivity index (χ1) is 12.8. The molecule has 0 aliphatic carbocycles. The molecule has 2 aromatic heterocycles. The minimum atomic E-state index is -4.45. The largest absolute Gasteiger partial charge is 0.416 e. The van der Waals surface area contributed by atoms with Gasteiger partial charge in [-0.3, -0.25) is 9.78 Å². The van der Waals surface area contributed by atoms with Gasteiger partial charge in [-0.2, -0.15) is 18.2 Å². The zero-order chi connectivity index (χ0) is 19.4. The summed E-state index contributed by atoms with van der Waals surface area (Å²) in [6.07, 6.45) is -3.02. The number of likely N-dealkylation sites (N-methyl/N-ethyl adjacent to an activating group) is 1. The van der Waals surface area contributed by atoms with E-state index in [9.17, 15) is 18.0 Å². The van der Waals surface area contributed by atoms with E-state index < -0.39 is 11.7 Å². The van der Waals surface area contributed by atoms with Crippen molar-refractivity contribution in [2.24, 2.45) is 0 Å². The number of nitrogens with zero attached hydrogens (tertiary/aromatic N) is 4. The zero-order valence-electron chi connectivity index (χ0n) is 14.3. The third-order valence-corrected chi connectivity index (χ3v) is 3.77. The van der Waals surface area contributed by atoms with E-state index in [-0.39, 0.29) is 30.3 Å². The number of carbonyl (C=O) groups excluding carboxylic acids is 1. The fourth-order valence-electron chi connectivity index (χ4n) is 2.38. The molecule has 0 unspecified atom stereocenters. The van der Waals surface area contributed by atoms with E-state index in [0.29, 0.717) is 11.5 Å². The minimum absolute atomic E-state index is 0.0393. The molecule has 0 saturated heterocycles. The van der Waals surface area contributed by atoms with Gasteiger partial charge in [0.2, 0.25) is 17.6 Å². The molecule has 1 aromatic carbocycles. The molecule has 0 aliphatic rings. The minimum Gasteiger partial charge on any atom is -0.337 e. The Kier molecular flexibility index (Phi) is 5.20. The Balaban J connectivity index is 1.64. The summed E-state index contributed by atoms with van der Waals surface area (Å²) in [6.45, 7) is 0.0393. The highest BCUT2D eigenvalue weighted by Crippen LogP contribution is 2.29. The van der Waals surface area contributed by atoms with Crippen molar-refractivity contribution in [3.05, 3.63) is 65.7 Å². The van der Waals surface area contributed by atoms with Crippen LogP contribution in [0.15, 0.2) is 53.2 Å². The van der Waals surface area contributed by atoms with Crippen molar-refractivity contribution in [1.29, 1.82) is 0 Å². The van der Waals surface area contributed by atoms with Crippen LogP contribution in [-0.4, -0.2) is 33.0 Å². The summed E-state index contributed by atoms with van der Waals surface area (Å²) in [4.78, 5) is 21.9. The molecule has 0 bridgehead atoms.